The zero-order valence-electron chi connectivity index (χ0n) is 9.86. The third-order valence-corrected chi connectivity index (χ3v) is 4.52. The molecule has 0 amide bonds. The van der Waals surface area contributed by atoms with Crippen molar-refractivity contribution in [3.8, 4) is 0 Å². The third-order valence-electron chi connectivity index (χ3n) is 2.48. The summed E-state index contributed by atoms with van der Waals surface area (Å²) in [6, 6.07) is 3.36. The summed E-state index contributed by atoms with van der Waals surface area (Å²) in [7, 11) is -3.90. The molecule has 0 aliphatic rings. The maximum absolute atomic E-state index is 13.6. The van der Waals surface area contributed by atoms with E-state index < -0.39 is 21.9 Å². The van der Waals surface area contributed by atoms with Gasteiger partial charge in [0.05, 0.1) is 0 Å². The fraction of sp³-hybridized carbons (Fsp3) is 0.455. The molecular weight excluding hydrogens is 325 g/mol. The highest BCUT2D eigenvalue weighted by Gasteiger charge is 2.22. The van der Waals surface area contributed by atoms with E-state index in [4.69, 9.17) is 5.11 Å². The van der Waals surface area contributed by atoms with Crippen LogP contribution in [-0.2, 0) is 10.0 Å². The zero-order chi connectivity index (χ0) is 13.8. The number of hydrogen-bond acceptors (Lipinski definition) is 3. The summed E-state index contributed by atoms with van der Waals surface area (Å²) in [4.78, 5) is -0.387. The topological polar surface area (TPSA) is 66.4 Å². The number of hydrogen-bond donors (Lipinski definition) is 2. The first-order chi connectivity index (χ1) is 8.40. The number of halogens is 2. The van der Waals surface area contributed by atoms with Crippen LogP contribution in [0.3, 0.4) is 0 Å². The van der Waals surface area contributed by atoms with Crippen LogP contribution in [0, 0.1) is 5.82 Å². The van der Waals surface area contributed by atoms with E-state index in [1.165, 1.54) is 12.1 Å². The van der Waals surface area contributed by atoms with E-state index in [0.29, 0.717) is 17.3 Å². The van der Waals surface area contributed by atoms with Crippen molar-refractivity contribution in [1.82, 2.24) is 4.72 Å². The van der Waals surface area contributed by atoms with Crippen molar-refractivity contribution in [2.24, 2.45) is 0 Å². The molecule has 102 valence electrons. The number of rotatable bonds is 6. The Morgan fingerprint density at radius 1 is 1.50 bits per heavy atom. The van der Waals surface area contributed by atoms with Crippen LogP contribution in [0.1, 0.15) is 19.8 Å². The molecular formula is C11H15BrFNO3S. The van der Waals surface area contributed by atoms with Crippen LogP contribution in [0.15, 0.2) is 27.6 Å². The summed E-state index contributed by atoms with van der Waals surface area (Å²) in [6.45, 7) is 1.67. The van der Waals surface area contributed by atoms with Crippen LogP contribution >= 0.6 is 15.9 Å². The normalized spacial score (nSPS) is 13.6. The van der Waals surface area contributed by atoms with E-state index in [9.17, 15) is 12.8 Å². The highest BCUT2D eigenvalue weighted by Crippen LogP contribution is 2.20. The minimum atomic E-state index is -3.90. The third kappa shape index (κ3) is 4.01. The SMILES string of the molecule is CCC(CCO)NS(=O)(=O)c1ccc(Br)cc1F. The summed E-state index contributed by atoms with van der Waals surface area (Å²) in [5.74, 6) is -0.810. The first-order valence-corrected chi connectivity index (χ1v) is 7.76. The summed E-state index contributed by atoms with van der Waals surface area (Å²) < 4.78 is 40.4. The van der Waals surface area contributed by atoms with Gasteiger partial charge in [-0.15, -0.1) is 0 Å². The average molecular weight is 340 g/mol. The molecule has 1 atom stereocenters. The van der Waals surface area contributed by atoms with Crippen LogP contribution in [0.4, 0.5) is 4.39 Å². The predicted octanol–water partition coefficient (Wildman–Crippen LogP) is 2.03. The lowest BCUT2D eigenvalue weighted by Gasteiger charge is -2.16. The molecule has 0 aliphatic heterocycles. The monoisotopic (exact) mass is 339 g/mol. The quantitative estimate of drug-likeness (QED) is 0.833. The van der Waals surface area contributed by atoms with Gasteiger partial charge in [-0.2, -0.15) is 0 Å². The van der Waals surface area contributed by atoms with Crippen molar-refractivity contribution < 1.29 is 17.9 Å². The first-order valence-electron chi connectivity index (χ1n) is 5.49. The Morgan fingerprint density at radius 3 is 2.67 bits per heavy atom. The van der Waals surface area contributed by atoms with E-state index in [2.05, 4.69) is 20.7 Å². The molecule has 2 N–H and O–H groups in total. The highest BCUT2D eigenvalue weighted by atomic mass is 79.9. The summed E-state index contributed by atoms with van der Waals surface area (Å²) in [6.07, 6.45) is 0.825. The van der Waals surface area contributed by atoms with Crippen molar-refractivity contribution in [3.05, 3.63) is 28.5 Å². The van der Waals surface area contributed by atoms with Crippen molar-refractivity contribution in [1.29, 1.82) is 0 Å². The fourth-order valence-corrected chi connectivity index (χ4v) is 3.22. The molecule has 0 heterocycles. The lowest BCUT2D eigenvalue weighted by molar-refractivity contribution is 0.270. The second-order valence-corrected chi connectivity index (χ2v) is 6.41. The highest BCUT2D eigenvalue weighted by molar-refractivity contribution is 9.10. The molecule has 0 saturated heterocycles. The molecule has 1 aromatic rings. The Labute approximate surface area is 114 Å². The molecule has 1 aromatic carbocycles. The molecule has 0 aromatic heterocycles. The van der Waals surface area contributed by atoms with Gasteiger partial charge >= 0.3 is 0 Å². The van der Waals surface area contributed by atoms with Crippen molar-refractivity contribution >= 4 is 26.0 Å². The molecule has 7 heteroatoms. The Balaban J connectivity index is 2.99. The standard InChI is InChI=1S/C11H15BrFNO3S/c1-2-9(5-6-15)14-18(16,17)11-4-3-8(12)7-10(11)13/h3-4,7,9,14-15H,2,5-6H2,1H3. The molecule has 18 heavy (non-hydrogen) atoms. The van der Waals surface area contributed by atoms with Gasteiger partial charge in [-0.3, -0.25) is 0 Å². The van der Waals surface area contributed by atoms with Gasteiger partial charge in [0.15, 0.2) is 0 Å². The first kappa shape index (κ1) is 15.6. The molecule has 0 spiro atoms. The second kappa shape index (κ2) is 6.60. The number of aliphatic hydroxyl groups excluding tert-OH is 1. The number of benzene rings is 1. The molecule has 0 radical (unpaired) electrons. The average Bonchev–Trinajstić information content (AvgIpc) is 2.27. The molecule has 4 nitrogen and oxygen atoms in total. The van der Waals surface area contributed by atoms with Gasteiger partial charge in [-0.1, -0.05) is 22.9 Å². The second-order valence-electron chi connectivity index (χ2n) is 3.81. The van der Waals surface area contributed by atoms with E-state index in [1.807, 2.05) is 0 Å². The Kier molecular flexibility index (Phi) is 5.71. The molecule has 0 saturated carbocycles. The Bertz CT molecular complexity index is 507. The zero-order valence-corrected chi connectivity index (χ0v) is 12.3. The summed E-state index contributed by atoms with van der Waals surface area (Å²) >= 11 is 3.06. The fourth-order valence-electron chi connectivity index (χ4n) is 1.48. The van der Waals surface area contributed by atoms with Crippen LogP contribution in [0.2, 0.25) is 0 Å². The Morgan fingerprint density at radius 2 is 2.17 bits per heavy atom. The lowest BCUT2D eigenvalue weighted by Crippen LogP contribution is -2.35. The maximum atomic E-state index is 13.6. The number of sulfonamides is 1. The van der Waals surface area contributed by atoms with Crippen LogP contribution < -0.4 is 4.72 Å². The molecule has 0 bridgehead atoms. The Hall–Kier alpha value is -0.500. The van der Waals surface area contributed by atoms with Gasteiger partial charge in [0.25, 0.3) is 0 Å². The lowest BCUT2D eigenvalue weighted by atomic mass is 10.2. The number of nitrogens with one attached hydrogen (secondary N) is 1. The van der Waals surface area contributed by atoms with Crippen LogP contribution in [0.5, 0.6) is 0 Å². The smallest absolute Gasteiger partial charge is 0.243 e. The van der Waals surface area contributed by atoms with Gasteiger partial charge < -0.3 is 5.11 Å². The van der Waals surface area contributed by atoms with E-state index in [0.717, 1.165) is 6.07 Å². The van der Waals surface area contributed by atoms with Gasteiger partial charge in [-0.25, -0.2) is 17.5 Å². The molecule has 0 fully saturated rings. The van der Waals surface area contributed by atoms with Gasteiger partial charge in [-0.05, 0) is 31.0 Å². The van der Waals surface area contributed by atoms with Crippen LogP contribution in [0.25, 0.3) is 0 Å². The predicted molar refractivity (Wildman–Crippen MR) is 70.2 cm³/mol. The minimum Gasteiger partial charge on any atom is -0.396 e. The minimum absolute atomic E-state index is 0.121. The van der Waals surface area contributed by atoms with Gasteiger partial charge in [0.1, 0.15) is 10.7 Å². The molecule has 0 aliphatic carbocycles. The molecule has 1 rings (SSSR count). The van der Waals surface area contributed by atoms with E-state index in [-0.39, 0.29) is 11.5 Å². The summed E-state index contributed by atoms with van der Waals surface area (Å²) in [5.41, 5.74) is 0. The van der Waals surface area contributed by atoms with Gasteiger partial charge in [0.2, 0.25) is 10.0 Å². The van der Waals surface area contributed by atoms with Crippen molar-refractivity contribution in [2.75, 3.05) is 6.61 Å². The number of aliphatic hydroxyl groups is 1. The van der Waals surface area contributed by atoms with Gasteiger partial charge in [0, 0.05) is 17.1 Å². The van der Waals surface area contributed by atoms with Crippen LogP contribution in [-0.4, -0.2) is 26.2 Å². The van der Waals surface area contributed by atoms with Crippen molar-refractivity contribution in [2.45, 2.75) is 30.7 Å². The molecule has 1 unspecified atom stereocenters. The summed E-state index contributed by atoms with van der Waals surface area (Å²) in [5, 5.41) is 8.81. The van der Waals surface area contributed by atoms with E-state index in [1.54, 1.807) is 6.92 Å². The van der Waals surface area contributed by atoms with E-state index >= 15 is 0 Å². The maximum Gasteiger partial charge on any atom is 0.243 e. The van der Waals surface area contributed by atoms with Crippen molar-refractivity contribution in [3.63, 3.8) is 0 Å². The largest absolute Gasteiger partial charge is 0.396 e.